The van der Waals surface area contributed by atoms with Crippen molar-refractivity contribution in [1.29, 1.82) is 0 Å². The predicted molar refractivity (Wildman–Crippen MR) is 57.4 cm³/mol. The summed E-state index contributed by atoms with van der Waals surface area (Å²) in [5.74, 6) is 1.50. The van der Waals surface area contributed by atoms with Gasteiger partial charge in [-0.25, -0.2) is 0 Å². The predicted octanol–water partition coefficient (Wildman–Crippen LogP) is 3.01. The molecule has 0 unspecified atom stereocenters. The molecule has 0 heterocycles. The molecule has 0 aromatic rings. The van der Waals surface area contributed by atoms with Gasteiger partial charge in [0.05, 0.1) is 0 Å². The van der Waals surface area contributed by atoms with Gasteiger partial charge < -0.3 is 0 Å². The fraction of sp³-hybridized carbons (Fsp3) is 0.545. The standard InChI is InChI=1S/C11H17.K.H/c1-2-3-4-5-8-11-9-6-7-10-11;;/h6-7,9-10H,2-5,8H2,1H3;;. The van der Waals surface area contributed by atoms with E-state index in [1.165, 1.54) is 38.0 Å². The second kappa shape index (κ2) is 8.70. The molecule has 1 radical (unpaired) electrons. The molecule has 1 heteroatoms. The quantitative estimate of drug-likeness (QED) is 0.461. The van der Waals surface area contributed by atoms with Gasteiger partial charge in [-0.1, -0.05) is 56.9 Å². The van der Waals surface area contributed by atoms with Crippen LogP contribution in [0.4, 0.5) is 0 Å². The average Bonchev–Trinajstić information content (AvgIpc) is 2.50. The zero-order valence-corrected chi connectivity index (χ0v) is 7.34. The van der Waals surface area contributed by atoms with Crippen LogP contribution in [0.25, 0.3) is 0 Å². The minimum atomic E-state index is 0. The molecule has 0 aromatic carbocycles. The van der Waals surface area contributed by atoms with Crippen LogP contribution in [0.2, 0.25) is 0 Å². The normalized spacial score (nSPS) is 15.1. The van der Waals surface area contributed by atoms with E-state index in [1.807, 2.05) is 0 Å². The molecular weight excluding hydrogens is 171 g/mol. The van der Waals surface area contributed by atoms with Crippen LogP contribution in [0.5, 0.6) is 0 Å². The molecular formula is C11H18K. The Morgan fingerprint density at radius 3 is 2.25 bits per heavy atom. The number of unbranched alkanes of at least 4 members (excludes halogenated alkanes) is 3. The van der Waals surface area contributed by atoms with Crippen LogP contribution in [-0.2, 0) is 0 Å². The molecule has 0 amide bonds. The van der Waals surface area contributed by atoms with Crippen molar-refractivity contribution in [3.05, 3.63) is 30.2 Å². The topological polar surface area (TPSA) is 0 Å². The second-order valence-electron chi connectivity index (χ2n) is 3.10. The summed E-state index contributed by atoms with van der Waals surface area (Å²) in [5, 5.41) is 0. The number of allylic oxidation sites excluding steroid dienone is 4. The van der Waals surface area contributed by atoms with E-state index in [9.17, 15) is 0 Å². The summed E-state index contributed by atoms with van der Waals surface area (Å²) in [5.41, 5.74) is 0. The van der Waals surface area contributed by atoms with Crippen molar-refractivity contribution in [2.45, 2.75) is 39.0 Å². The summed E-state index contributed by atoms with van der Waals surface area (Å²) in [6.07, 6.45) is 15.4. The van der Waals surface area contributed by atoms with E-state index in [0.29, 0.717) is 0 Å². The average molecular weight is 189 g/mol. The van der Waals surface area contributed by atoms with E-state index in [4.69, 9.17) is 0 Å². The van der Waals surface area contributed by atoms with Gasteiger partial charge in [0.1, 0.15) is 0 Å². The van der Waals surface area contributed by atoms with E-state index >= 15 is 0 Å². The van der Waals surface area contributed by atoms with Gasteiger partial charge in [-0.15, -0.1) is 0 Å². The summed E-state index contributed by atoms with van der Waals surface area (Å²) < 4.78 is 0. The molecule has 0 nitrogen and oxygen atoms in total. The Balaban J connectivity index is 0.00000121. The molecule has 0 bridgehead atoms. The van der Waals surface area contributed by atoms with Crippen LogP contribution in [0.1, 0.15) is 39.0 Å². The summed E-state index contributed by atoms with van der Waals surface area (Å²) in [6.45, 7) is 2.25. The second-order valence-corrected chi connectivity index (χ2v) is 3.10. The fourth-order valence-corrected chi connectivity index (χ4v) is 1.34. The zero-order chi connectivity index (χ0) is 7.94. The molecule has 1 aliphatic rings. The third kappa shape index (κ3) is 5.71. The monoisotopic (exact) mass is 189 g/mol. The summed E-state index contributed by atoms with van der Waals surface area (Å²) in [6, 6.07) is 0. The van der Waals surface area contributed by atoms with Crippen molar-refractivity contribution < 1.29 is 0 Å². The first-order chi connectivity index (χ1) is 5.43. The van der Waals surface area contributed by atoms with Crippen LogP contribution < -0.4 is 0 Å². The van der Waals surface area contributed by atoms with Gasteiger partial charge in [0.2, 0.25) is 0 Å². The van der Waals surface area contributed by atoms with Crippen LogP contribution in [0, 0.1) is 5.92 Å². The van der Waals surface area contributed by atoms with Gasteiger partial charge in [0, 0.05) is 5.92 Å². The van der Waals surface area contributed by atoms with Gasteiger partial charge >= 0.3 is 51.4 Å². The van der Waals surface area contributed by atoms with Crippen LogP contribution in [-0.4, -0.2) is 51.4 Å². The molecule has 1 aliphatic carbocycles. The zero-order valence-electron chi connectivity index (χ0n) is 7.34. The molecule has 0 aliphatic heterocycles. The van der Waals surface area contributed by atoms with Crippen LogP contribution in [0.15, 0.2) is 24.3 Å². The van der Waals surface area contributed by atoms with Crippen molar-refractivity contribution in [2.75, 3.05) is 0 Å². The third-order valence-electron chi connectivity index (χ3n) is 2.05. The van der Waals surface area contributed by atoms with E-state index in [1.54, 1.807) is 0 Å². The molecule has 0 saturated heterocycles. The van der Waals surface area contributed by atoms with Crippen LogP contribution in [0.3, 0.4) is 0 Å². The molecule has 0 atom stereocenters. The summed E-state index contributed by atoms with van der Waals surface area (Å²) in [7, 11) is 0. The molecule has 0 saturated carbocycles. The SMILES string of the molecule is CCCCCC[C]1C=CC=C1.[KH]. The van der Waals surface area contributed by atoms with Gasteiger partial charge in [-0.3, -0.25) is 0 Å². The molecule has 63 valence electrons. The third-order valence-corrected chi connectivity index (χ3v) is 2.05. The van der Waals surface area contributed by atoms with Crippen molar-refractivity contribution >= 4 is 51.4 Å². The first kappa shape index (κ1) is 13.1. The van der Waals surface area contributed by atoms with E-state index in [0.717, 1.165) is 0 Å². The number of hydrogen-bond donors (Lipinski definition) is 0. The van der Waals surface area contributed by atoms with E-state index in [-0.39, 0.29) is 51.4 Å². The van der Waals surface area contributed by atoms with E-state index < -0.39 is 0 Å². The van der Waals surface area contributed by atoms with Crippen molar-refractivity contribution in [3.63, 3.8) is 0 Å². The van der Waals surface area contributed by atoms with Crippen molar-refractivity contribution in [3.8, 4) is 0 Å². The minimum absolute atomic E-state index is 0. The molecule has 0 spiro atoms. The van der Waals surface area contributed by atoms with E-state index in [2.05, 4.69) is 31.2 Å². The van der Waals surface area contributed by atoms with Gasteiger partial charge in [0.15, 0.2) is 0 Å². The molecule has 0 N–H and O–H groups in total. The maximum absolute atomic E-state index is 2.25. The summed E-state index contributed by atoms with van der Waals surface area (Å²) >= 11 is 0. The van der Waals surface area contributed by atoms with Crippen LogP contribution >= 0.6 is 0 Å². The molecule has 0 fully saturated rings. The Bertz CT molecular complexity index is 135. The van der Waals surface area contributed by atoms with Gasteiger partial charge in [-0.2, -0.15) is 0 Å². The Labute approximate surface area is 119 Å². The van der Waals surface area contributed by atoms with Gasteiger partial charge in [0.25, 0.3) is 0 Å². The Kier molecular flexibility index (Phi) is 9.51. The van der Waals surface area contributed by atoms with Crippen molar-refractivity contribution in [1.82, 2.24) is 0 Å². The maximum atomic E-state index is 2.25. The summed E-state index contributed by atoms with van der Waals surface area (Å²) in [4.78, 5) is 0. The first-order valence-corrected chi connectivity index (χ1v) is 4.64. The molecule has 12 heavy (non-hydrogen) atoms. The molecule has 1 rings (SSSR count). The fourth-order valence-electron chi connectivity index (χ4n) is 1.34. The molecule has 0 aromatic heterocycles. The Morgan fingerprint density at radius 2 is 1.67 bits per heavy atom. The Morgan fingerprint density at radius 1 is 1.00 bits per heavy atom. The Hall–Kier alpha value is 1.12. The number of rotatable bonds is 5. The number of hydrogen-bond acceptors (Lipinski definition) is 0. The van der Waals surface area contributed by atoms with Crippen molar-refractivity contribution in [2.24, 2.45) is 0 Å². The first-order valence-electron chi connectivity index (χ1n) is 4.64. The van der Waals surface area contributed by atoms with Gasteiger partial charge in [-0.05, 0) is 6.42 Å².